The second-order valence-corrected chi connectivity index (χ2v) is 5.51. The highest BCUT2D eigenvalue weighted by Gasteiger charge is 2.04. The SMILES string of the molecule is CC(=O)c1ccc(N=Cc2ccc(-c3cccc(Cl)c3)o2)cc1. The van der Waals surface area contributed by atoms with E-state index in [1.165, 1.54) is 0 Å². The number of Topliss-reactive ketones (excluding diaryl/α,β-unsaturated/α-hetero) is 1. The van der Waals surface area contributed by atoms with Crippen LogP contribution in [0.5, 0.6) is 0 Å². The maximum absolute atomic E-state index is 11.2. The molecular formula is C19H14ClNO2. The molecule has 0 aliphatic rings. The molecule has 0 N–H and O–H groups in total. The molecule has 0 saturated carbocycles. The Labute approximate surface area is 139 Å². The van der Waals surface area contributed by atoms with Crippen LogP contribution in [0, 0.1) is 0 Å². The van der Waals surface area contributed by atoms with Crippen LogP contribution in [0.1, 0.15) is 23.0 Å². The highest BCUT2D eigenvalue weighted by molar-refractivity contribution is 6.30. The summed E-state index contributed by atoms with van der Waals surface area (Å²) in [5.41, 5.74) is 2.35. The topological polar surface area (TPSA) is 42.6 Å². The summed E-state index contributed by atoms with van der Waals surface area (Å²) in [4.78, 5) is 15.6. The number of nitrogens with zero attached hydrogens (tertiary/aromatic N) is 1. The summed E-state index contributed by atoms with van der Waals surface area (Å²) in [6.07, 6.45) is 1.65. The van der Waals surface area contributed by atoms with E-state index in [1.54, 1.807) is 37.4 Å². The number of benzene rings is 2. The van der Waals surface area contributed by atoms with Crippen LogP contribution in [0.2, 0.25) is 5.02 Å². The van der Waals surface area contributed by atoms with Gasteiger partial charge in [-0.3, -0.25) is 9.79 Å². The molecule has 3 nitrogen and oxygen atoms in total. The van der Waals surface area contributed by atoms with E-state index in [0.717, 1.165) is 17.0 Å². The Morgan fingerprint density at radius 3 is 2.57 bits per heavy atom. The lowest BCUT2D eigenvalue weighted by molar-refractivity contribution is 0.101. The first-order chi connectivity index (χ1) is 11.1. The van der Waals surface area contributed by atoms with Crippen molar-refractivity contribution in [1.82, 2.24) is 0 Å². The lowest BCUT2D eigenvalue weighted by atomic mass is 10.1. The highest BCUT2D eigenvalue weighted by atomic mass is 35.5. The van der Waals surface area contributed by atoms with Gasteiger partial charge in [0.1, 0.15) is 11.5 Å². The van der Waals surface area contributed by atoms with Gasteiger partial charge in [-0.15, -0.1) is 0 Å². The number of carbonyl (C=O) groups is 1. The molecule has 0 aliphatic heterocycles. The number of hydrogen-bond donors (Lipinski definition) is 0. The van der Waals surface area contributed by atoms with E-state index in [0.29, 0.717) is 16.3 Å². The number of ketones is 1. The Morgan fingerprint density at radius 2 is 1.87 bits per heavy atom. The van der Waals surface area contributed by atoms with Crippen molar-refractivity contribution in [2.45, 2.75) is 6.92 Å². The minimum Gasteiger partial charge on any atom is -0.455 e. The first kappa shape index (κ1) is 15.3. The third kappa shape index (κ3) is 3.76. The van der Waals surface area contributed by atoms with Crippen LogP contribution in [0.3, 0.4) is 0 Å². The van der Waals surface area contributed by atoms with Crippen molar-refractivity contribution in [2.75, 3.05) is 0 Å². The van der Waals surface area contributed by atoms with E-state index in [-0.39, 0.29) is 5.78 Å². The molecule has 3 aromatic rings. The van der Waals surface area contributed by atoms with Crippen molar-refractivity contribution in [3.8, 4) is 11.3 Å². The van der Waals surface area contributed by atoms with Gasteiger partial charge in [0.2, 0.25) is 0 Å². The summed E-state index contributed by atoms with van der Waals surface area (Å²) in [6.45, 7) is 1.54. The second-order valence-electron chi connectivity index (χ2n) is 5.07. The van der Waals surface area contributed by atoms with Crippen LogP contribution in [0.15, 0.2) is 70.1 Å². The van der Waals surface area contributed by atoms with E-state index < -0.39 is 0 Å². The monoisotopic (exact) mass is 323 g/mol. The molecule has 0 radical (unpaired) electrons. The summed E-state index contributed by atoms with van der Waals surface area (Å²) in [5.74, 6) is 1.43. The molecule has 0 spiro atoms. The average molecular weight is 324 g/mol. The predicted molar refractivity (Wildman–Crippen MR) is 92.9 cm³/mol. The van der Waals surface area contributed by atoms with E-state index in [4.69, 9.17) is 16.0 Å². The Hall–Kier alpha value is -2.65. The number of hydrogen-bond acceptors (Lipinski definition) is 3. The van der Waals surface area contributed by atoms with Crippen LogP contribution in [0.25, 0.3) is 11.3 Å². The Morgan fingerprint density at radius 1 is 1.09 bits per heavy atom. The zero-order valence-corrected chi connectivity index (χ0v) is 13.2. The molecule has 0 bridgehead atoms. The van der Waals surface area contributed by atoms with Gasteiger partial charge in [-0.1, -0.05) is 23.7 Å². The molecule has 2 aromatic carbocycles. The fourth-order valence-electron chi connectivity index (χ4n) is 2.14. The van der Waals surface area contributed by atoms with Crippen LogP contribution in [-0.2, 0) is 0 Å². The van der Waals surface area contributed by atoms with Crippen molar-refractivity contribution < 1.29 is 9.21 Å². The fourth-order valence-corrected chi connectivity index (χ4v) is 2.33. The third-order valence-electron chi connectivity index (χ3n) is 3.35. The molecule has 0 saturated heterocycles. The van der Waals surface area contributed by atoms with E-state index in [2.05, 4.69) is 4.99 Å². The fraction of sp³-hybridized carbons (Fsp3) is 0.0526. The predicted octanol–water partition coefficient (Wildman–Crippen LogP) is 5.55. The van der Waals surface area contributed by atoms with Crippen molar-refractivity contribution in [2.24, 2.45) is 4.99 Å². The van der Waals surface area contributed by atoms with Crippen LogP contribution in [0.4, 0.5) is 5.69 Å². The van der Waals surface area contributed by atoms with Gasteiger partial charge in [-0.25, -0.2) is 0 Å². The van der Waals surface area contributed by atoms with Crippen LogP contribution < -0.4 is 0 Å². The Kier molecular flexibility index (Phi) is 4.40. The Bertz CT molecular complexity index is 863. The zero-order chi connectivity index (χ0) is 16.2. The summed E-state index contributed by atoms with van der Waals surface area (Å²) in [7, 11) is 0. The van der Waals surface area contributed by atoms with Gasteiger partial charge < -0.3 is 4.42 Å². The van der Waals surface area contributed by atoms with Gasteiger partial charge in [-0.2, -0.15) is 0 Å². The molecule has 0 aliphatic carbocycles. The summed E-state index contributed by atoms with van der Waals surface area (Å²) in [5, 5.41) is 0.666. The number of halogens is 1. The van der Waals surface area contributed by atoms with Gasteiger partial charge in [-0.05, 0) is 55.5 Å². The highest BCUT2D eigenvalue weighted by Crippen LogP contribution is 2.24. The zero-order valence-electron chi connectivity index (χ0n) is 12.5. The largest absolute Gasteiger partial charge is 0.455 e. The van der Waals surface area contributed by atoms with E-state index in [9.17, 15) is 4.79 Å². The smallest absolute Gasteiger partial charge is 0.159 e. The quantitative estimate of drug-likeness (QED) is 0.466. The van der Waals surface area contributed by atoms with E-state index >= 15 is 0 Å². The lowest BCUT2D eigenvalue weighted by Gasteiger charge is -1.97. The van der Waals surface area contributed by atoms with Crippen molar-refractivity contribution in [1.29, 1.82) is 0 Å². The minimum absolute atomic E-state index is 0.0396. The molecule has 0 amide bonds. The average Bonchev–Trinajstić information content (AvgIpc) is 3.02. The van der Waals surface area contributed by atoms with Crippen molar-refractivity contribution in [3.63, 3.8) is 0 Å². The maximum Gasteiger partial charge on any atom is 0.159 e. The first-order valence-electron chi connectivity index (χ1n) is 7.13. The Balaban J connectivity index is 1.77. The van der Waals surface area contributed by atoms with Gasteiger partial charge >= 0.3 is 0 Å². The van der Waals surface area contributed by atoms with Gasteiger partial charge in [0.15, 0.2) is 5.78 Å². The molecule has 1 aromatic heterocycles. The maximum atomic E-state index is 11.2. The minimum atomic E-state index is 0.0396. The molecular weight excluding hydrogens is 310 g/mol. The standard InChI is InChI=1S/C19H14ClNO2/c1-13(22)14-5-7-17(8-6-14)21-12-18-9-10-19(23-18)15-3-2-4-16(20)11-15/h2-12H,1H3. The lowest BCUT2D eigenvalue weighted by Crippen LogP contribution is -1.89. The number of carbonyl (C=O) groups excluding carboxylic acids is 1. The van der Waals surface area contributed by atoms with Crippen LogP contribution in [-0.4, -0.2) is 12.0 Å². The molecule has 0 unspecified atom stereocenters. The first-order valence-corrected chi connectivity index (χ1v) is 7.50. The molecule has 23 heavy (non-hydrogen) atoms. The molecule has 0 atom stereocenters. The van der Waals surface area contributed by atoms with Gasteiger partial charge in [0.25, 0.3) is 0 Å². The number of rotatable bonds is 4. The molecule has 4 heteroatoms. The van der Waals surface area contributed by atoms with Crippen molar-refractivity contribution in [3.05, 3.63) is 77.0 Å². The summed E-state index contributed by atoms with van der Waals surface area (Å²) < 4.78 is 5.75. The molecule has 0 fully saturated rings. The van der Waals surface area contributed by atoms with Gasteiger partial charge in [0, 0.05) is 16.1 Å². The van der Waals surface area contributed by atoms with Gasteiger partial charge in [0.05, 0.1) is 11.9 Å². The van der Waals surface area contributed by atoms with Crippen molar-refractivity contribution >= 4 is 29.3 Å². The molecule has 114 valence electrons. The molecule has 3 rings (SSSR count). The van der Waals surface area contributed by atoms with Crippen LogP contribution >= 0.6 is 11.6 Å². The second kappa shape index (κ2) is 6.63. The summed E-state index contributed by atoms with van der Waals surface area (Å²) in [6, 6.07) is 18.3. The normalized spacial score (nSPS) is 11.0. The number of aliphatic imine (C=N–C) groups is 1. The third-order valence-corrected chi connectivity index (χ3v) is 3.59. The summed E-state index contributed by atoms with van der Waals surface area (Å²) >= 11 is 5.99. The number of furan rings is 1. The van der Waals surface area contributed by atoms with E-state index in [1.807, 2.05) is 36.4 Å². The molecule has 1 heterocycles.